The maximum Gasteiger partial charge on any atom is 0.321 e. The van der Waals surface area contributed by atoms with Gasteiger partial charge in [-0.25, -0.2) is 4.79 Å². The fraction of sp³-hybridized carbons (Fsp3) is 0.278. The molecule has 1 heterocycles. The minimum absolute atomic E-state index is 0.205. The molecule has 1 aliphatic heterocycles. The maximum absolute atomic E-state index is 12.4. The number of carbonyl (C=O) groups is 1. The second-order valence-corrected chi connectivity index (χ2v) is 6.76. The number of anilines is 1. The molecule has 1 fully saturated rings. The van der Waals surface area contributed by atoms with E-state index in [2.05, 4.69) is 5.32 Å². The number of nitrogens with zero attached hydrogens (tertiary/aromatic N) is 1. The molecule has 4 nitrogen and oxygen atoms in total. The molecule has 0 bridgehead atoms. The zero-order valence-electron chi connectivity index (χ0n) is 13.0. The first-order valence-electron chi connectivity index (χ1n) is 7.77. The summed E-state index contributed by atoms with van der Waals surface area (Å²) >= 11 is 11.8. The number of halogens is 2. The lowest BCUT2D eigenvalue weighted by molar-refractivity contribution is -0.0156. The van der Waals surface area contributed by atoms with Crippen molar-refractivity contribution in [3.63, 3.8) is 0 Å². The molecular formula is C18H18Cl2N2O2. The van der Waals surface area contributed by atoms with E-state index in [9.17, 15) is 9.90 Å². The van der Waals surface area contributed by atoms with Gasteiger partial charge in [-0.05, 0) is 36.6 Å². The predicted molar refractivity (Wildman–Crippen MR) is 96.6 cm³/mol. The average Bonchev–Trinajstić information content (AvgIpc) is 2.59. The van der Waals surface area contributed by atoms with Crippen molar-refractivity contribution >= 4 is 34.9 Å². The number of nitrogens with one attached hydrogen (secondary N) is 1. The third-order valence-corrected chi connectivity index (χ3v) is 5.10. The Balaban J connectivity index is 1.62. The average molecular weight is 365 g/mol. The summed E-state index contributed by atoms with van der Waals surface area (Å²) in [6, 6.07) is 14.4. The van der Waals surface area contributed by atoms with Gasteiger partial charge in [-0.15, -0.1) is 0 Å². The molecule has 0 aromatic heterocycles. The molecule has 2 aromatic carbocycles. The third kappa shape index (κ3) is 3.66. The predicted octanol–water partition coefficient (Wildman–Crippen LogP) is 4.51. The molecule has 24 heavy (non-hydrogen) atoms. The van der Waals surface area contributed by atoms with E-state index in [1.807, 2.05) is 30.3 Å². The van der Waals surface area contributed by atoms with Crippen molar-refractivity contribution in [1.29, 1.82) is 0 Å². The molecule has 1 aliphatic rings. The normalized spacial score (nSPS) is 16.7. The SMILES string of the molecule is O=C(Nc1ccc(Cl)c(Cl)c1)N1CCC(O)(c2ccccc2)CC1. The number of hydrogen-bond acceptors (Lipinski definition) is 2. The van der Waals surface area contributed by atoms with Gasteiger partial charge in [-0.3, -0.25) is 0 Å². The van der Waals surface area contributed by atoms with Crippen LogP contribution in [0.2, 0.25) is 10.0 Å². The molecule has 2 N–H and O–H groups in total. The van der Waals surface area contributed by atoms with Gasteiger partial charge >= 0.3 is 6.03 Å². The van der Waals surface area contributed by atoms with Gasteiger partial charge in [0.15, 0.2) is 0 Å². The highest BCUT2D eigenvalue weighted by Crippen LogP contribution is 2.33. The van der Waals surface area contributed by atoms with Crippen LogP contribution in [0.4, 0.5) is 10.5 Å². The number of carbonyl (C=O) groups excluding carboxylic acids is 1. The van der Waals surface area contributed by atoms with E-state index in [0.29, 0.717) is 41.7 Å². The molecule has 2 aromatic rings. The lowest BCUT2D eigenvalue weighted by Gasteiger charge is -2.38. The number of benzene rings is 2. The molecule has 126 valence electrons. The molecule has 0 unspecified atom stereocenters. The van der Waals surface area contributed by atoms with Crippen molar-refractivity contribution in [2.45, 2.75) is 18.4 Å². The van der Waals surface area contributed by atoms with Gasteiger partial charge in [0.1, 0.15) is 0 Å². The minimum Gasteiger partial charge on any atom is -0.385 e. The first kappa shape index (κ1) is 17.1. The maximum atomic E-state index is 12.4. The summed E-state index contributed by atoms with van der Waals surface area (Å²) < 4.78 is 0. The van der Waals surface area contributed by atoms with Crippen molar-refractivity contribution in [3.05, 3.63) is 64.1 Å². The Bertz CT molecular complexity index is 729. The first-order chi connectivity index (χ1) is 11.5. The van der Waals surface area contributed by atoms with Crippen LogP contribution >= 0.6 is 23.2 Å². The zero-order chi connectivity index (χ0) is 17.2. The van der Waals surface area contributed by atoms with Gasteiger partial charge in [-0.2, -0.15) is 0 Å². The van der Waals surface area contributed by atoms with Gasteiger partial charge in [0.25, 0.3) is 0 Å². The van der Waals surface area contributed by atoms with Gasteiger partial charge in [0.05, 0.1) is 15.6 Å². The van der Waals surface area contributed by atoms with E-state index in [0.717, 1.165) is 5.56 Å². The number of hydrogen-bond donors (Lipinski definition) is 2. The Kier molecular flexibility index (Phi) is 4.99. The summed E-state index contributed by atoms with van der Waals surface area (Å²) in [5.74, 6) is 0. The standard InChI is InChI=1S/C18H18Cl2N2O2/c19-15-7-6-14(12-16(15)20)21-17(23)22-10-8-18(24,9-11-22)13-4-2-1-3-5-13/h1-7,12,24H,8-11H2,(H,21,23). The lowest BCUT2D eigenvalue weighted by Crippen LogP contribution is -2.46. The molecule has 2 amide bonds. The molecule has 0 radical (unpaired) electrons. The Labute approximate surface area is 151 Å². The highest BCUT2D eigenvalue weighted by molar-refractivity contribution is 6.42. The van der Waals surface area contributed by atoms with E-state index in [-0.39, 0.29) is 6.03 Å². The van der Waals surface area contributed by atoms with Crippen LogP contribution in [0.25, 0.3) is 0 Å². The summed E-state index contributed by atoms with van der Waals surface area (Å²) in [5, 5.41) is 14.5. The molecule has 0 aliphatic carbocycles. The topological polar surface area (TPSA) is 52.6 Å². The summed E-state index contributed by atoms with van der Waals surface area (Å²) in [6.07, 6.45) is 1.01. The van der Waals surface area contributed by atoms with Crippen LogP contribution in [-0.4, -0.2) is 29.1 Å². The minimum atomic E-state index is -0.873. The molecule has 1 saturated heterocycles. The van der Waals surface area contributed by atoms with Crippen molar-refractivity contribution in [3.8, 4) is 0 Å². The van der Waals surface area contributed by atoms with Crippen LogP contribution in [-0.2, 0) is 5.60 Å². The fourth-order valence-corrected chi connectivity index (χ4v) is 3.19. The Morgan fingerprint density at radius 2 is 1.71 bits per heavy atom. The molecule has 0 atom stereocenters. The Morgan fingerprint density at radius 3 is 2.33 bits per heavy atom. The summed E-state index contributed by atoms with van der Waals surface area (Å²) in [6.45, 7) is 0.969. The highest BCUT2D eigenvalue weighted by Gasteiger charge is 2.35. The van der Waals surface area contributed by atoms with E-state index < -0.39 is 5.60 Å². The number of likely N-dealkylation sites (tertiary alicyclic amines) is 1. The van der Waals surface area contributed by atoms with Gasteiger partial charge in [0, 0.05) is 18.8 Å². The fourth-order valence-electron chi connectivity index (χ4n) is 2.89. The number of urea groups is 1. The van der Waals surface area contributed by atoms with E-state index in [1.165, 1.54) is 0 Å². The first-order valence-corrected chi connectivity index (χ1v) is 8.52. The highest BCUT2D eigenvalue weighted by atomic mass is 35.5. The number of piperidine rings is 1. The van der Waals surface area contributed by atoms with E-state index >= 15 is 0 Å². The van der Waals surface area contributed by atoms with Crippen molar-refractivity contribution < 1.29 is 9.90 Å². The smallest absolute Gasteiger partial charge is 0.321 e. The van der Waals surface area contributed by atoms with Crippen molar-refractivity contribution in [2.24, 2.45) is 0 Å². The van der Waals surface area contributed by atoms with Crippen LogP contribution in [0.1, 0.15) is 18.4 Å². The summed E-state index contributed by atoms with van der Waals surface area (Å²) in [4.78, 5) is 14.1. The van der Waals surface area contributed by atoms with E-state index in [1.54, 1.807) is 23.1 Å². The van der Waals surface area contributed by atoms with Crippen LogP contribution in [0.5, 0.6) is 0 Å². The van der Waals surface area contributed by atoms with E-state index in [4.69, 9.17) is 23.2 Å². The monoisotopic (exact) mass is 364 g/mol. The molecular weight excluding hydrogens is 347 g/mol. The quantitative estimate of drug-likeness (QED) is 0.823. The third-order valence-electron chi connectivity index (χ3n) is 4.36. The number of aliphatic hydroxyl groups is 1. The second kappa shape index (κ2) is 7.01. The van der Waals surface area contributed by atoms with Gasteiger partial charge in [0.2, 0.25) is 0 Å². The van der Waals surface area contributed by atoms with Crippen LogP contribution in [0, 0.1) is 0 Å². The molecule has 0 saturated carbocycles. The number of rotatable bonds is 2. The molecule has 6 heteroatoms. The lowest BCUT2D eigenvalue weighted by atomic mass is 9.84. The van der Waals surface area contributed by atoms with Crippen LogP contribution < -0.4 is 5.32 Å². The van der Waals surface area contributed by atoms with Gasteiger partial charge in [-0.1, -0.05) is 53.5 Å². The Morgan fingerprint density at radius 1 is 1.04 bits per heavy atom. The summed E-state index contributed by atoms with van der Waals surface area (Å²) in [7, 11) is 0. The van der Waals surface area contributed by atoms with Crippen LogP contribution in [0.3, 0.4) is 0 Å². The van der Waals surface area contributed by atoms with Crippen LogP contribution in [0.15, 0.2) is 48.5 Å². The number of amides is 2. The van der Waals surface area contributed by atoms with Crippen molar-refractivity contribution in [2.75, 3.05) is 18.4 Å². The second-order valence-electron chi connectivity index (χ2n) is 5.94. The molecule has 0 spiro atoms. The zero-order valence-corrected chi connectivity index (χ0v) is 14.5. The molecule has 3 rings (SSSR count). The summed E-state index contributed by atoms with van der Waals surface area (Å²) in [5.41, 5.74) is 0.620. The van der Waals surface area contributed by atoms with Crippen molar-refractivity contribution in [1.82, 2.24) is 4.90 Å². The Hall–Kier alpha value is -1.75. The largest absolute Gasteiger partial charge is 0.385 e. The van der Waals surface area contributed by atoms with Gasteiger partial charge < -0.3 is 15.3 Å².